The van der Waals surface area contributed by atoms with E-state index in [1.807, 2.05) is 19.1 Å². The Balaban J connectivity index is 1.96. The molecule has 1 amide bonds. The number of nitrogens with zero attached hydrogens (tertiary/aromatic N) is 1. The summed E-state index contributed by atoms with van der Waals surface area (Å²) in [5.74, 6) is 0.925. The van der Waals surface area contributed by atoms with Crippen molar-refractivity contribution in [2.24, 2.45) is 0 Å². The van der Waals surface area contributed by atoms with Gasteiger partial charge in [-0.25, -0.2) is 4.39 Å². The van der Waals surface area contributed by atoms with Gasteiger partial charge in [0.05, 0.1) is 20.3 Å². The number of carbonyl (C=O) groups is 1. The summed E-state index contributed by atoms with van der Waals surface area (Å²) in [6, 6.07) is 10.3. The maximum absolute atomic E-state index is 13.3. The Labute approximate surface area is 176 Å². The summed E-state index contributed by atoms with van der Waals surface area (Å²) < 4.78 is 29.3. The summed E-state index contributed by atoms with van der Waals surface area (Å²) in [5.41, 5.74) is 3.27. The third-order valence-corrected chi connectivity index (χ3v) is 5.46. The standard InChI is InChI=1S/C23H29FN2O4/c1-15(25-22(27)14-28-2)23-19-12-21(30-4)20(29-3)11-17(19)9-10-26(23)13-16-5-7-18(24)8-6-16/h5-8,11-12,15,23H,9-10,13-14H2,1-4H3,(H,25,27)/t15-,23+/m0/s1. The van der Waals surface area contributed by atoms with Crippen molar-refractivity contribution in [2.45, 2.75) is 32.0 Å². The molecule has 0 unspecified atom stereocenters. The van der Waals surface area contributed by atoms with Crippen molar-refractivity contribution >= 4 is 5.91 Å². The van der Waals surface area contributed by atoms with Gasteiger partial charge < -0.3 is 19.5 Å². The van der Waals surface area contributed by atoms with Crippen LogP contribution >= 0.6 is 0 Å². The number of amides is 1. The number of hydrogen-bond donors (Lipinski definition) is 1. The second kappa shape index (κ2) is 9.91. The molecule has 7 heteroatoms. The monoisotopic (exact) mass is 416 g/mol. The van der Waals surface area contributed by atoms with E-state index in [0.717, 1.165) is 24.1 Å². The Kier molecular flexibility index (Phi) is 7.29. The summed E-state index contributed by atoms with van der Waals surface area (Å²) >= 11 is 0. The Hall–Kier alpha value is -2.64. The smallest absolute Gasteiger partial charge is 0.246 e. The summed E-state index contributed by atoms with van der Waals surface area (Å²) in [7, 11) is 4.74. The Morgan fingerprint density at radius 2 is 1.83 bits per heavy atom. The number of rotatable bonds is 8. The zero-order valence-corrected chi connectivity index (χ0v) is 17.9. The molecule has 2 aromatic carbocycles. The van der Waals surface area contributed by atoms with Gasteiger partial charge in [-0.3, -0.25) is 9.69 Å². The summed E-state index contributed by atoms with van der Waals surface area (Å²) in [6.07, 6.45) is 0.839. The summed E-state index contributed by atoms with van der Waals surface area (Å²) in [5, 5.41) is 3.04. The molecule has 1 heterocycles. The molecule has 1 aliphatic heterocycles. The molecule has 6 nitrogen and oxygen atoms in total. The Morgan fingerprint density at radius 1 is 1.17 bits per heavy atom. The molecule has 0 radical (unpaired) electrons. The van der Waals surface area contributed by atoms with Gasteiger partial charge in [0.1, 0.15) is 12.4 Å². The van der Waals surface area contributed by atoms with Crippen LogP contribution in [0.15, 0.2) is 36.4 Å². The molecule has 0 bridgehead atoms. The molecule has 0 aliphatic carbocycles. The highest BCUT2D eigenvalue weighted by molar-refractivity contribution is 5.77. The zero-order valence-electron chi connectivity index (χ0n) is 17.9. The highest BCUT2D eigenvalue weighted by Crippen LogP contribution is 2.40. The van der Waals surface area contributed by atoms with E-state index in [4.69, 9.17) is 14.2 Å². The molecule has 162 valence electrons. The van der Waals surface area contributed by atoms with Gasteiger partial charge in [-0.05, 0) is 54.3 Å². The number of hydrogen-bond acceptors (Lipinski definition) is 5. The molecule has 0 saturated carbocycles. The highest BCUT2D eigenvalue weighted by Gasteiger charge is 2.33. The van der Waals surface area contributed by atoms with Gasteiger partial charge >= 0.3 is 0 Å². The molecule has 1 aliphatic rings. The van der Waals surface area contributed by atoms with Crippen molar-refractivity contribution in [3.63, 3.8) is 0 Å². The van der Waals surface area contributed by atoms with Crippen LogP contribution in [0.25, 0.3) is 0 Å². The number of ether oxygens (including phenoxy) is 3. The van der Waals surface area contributed by atoms with Crippen molar-refractivity contribution in [1.29, 1.82) is 0 Å². The van der Waals surface area contributed by atoms with E-state index in [9.17, 15) is 9.18 Å². The maximum atomic E-state index is 13.3. The average molecular weight is 416 g/mol. The van der Waals surface area contributed by atoms with Gasteiger partial charge in [0.2, 0.25) is 5.91 Å². The first-order chi connectivity index (χ1) is 14.5. The molecule has 2 atom stereocenters. The van der Waals surface area contributed by atoms with Crippen LogP contribution in [0.3, 0.4) is 0 Å². The highest BCUT2D eigenvalue weighted by atomic mass is 19.1. The lowest BCUT2D eigenvalue weighted by atomic mass is 9.87. The fraction of sp³-hybridized carbons (Fsp3) is 0.435. The maximum Gasteiger partial charge on any atom is 0.246 e. The van der Waals surface area contributed by atoms with E-state index in [0.29, 0.717) is 18.0 Å². The molecule has 3 rings (SSSR count). The molecule has 0 spiro atoms. The SMILES string of the molecule is COCC(=O)N[C@@H](C)[C@@H]1c2cc(OC)c(OC)cc2CCN1Cc1ccc(F)cc1. The molecule has 1 N–H and O–H groups in total. The molecule has 0 fully saturated rings. The minimum Gasteiger partial charge on any atom is -0.493 e. The molecule has 0 aromatic heterocycles. The number of carbonyl (C=O) groups excluding carboxylic acids is 1. The van der Waals surface area contributed by atoms with E-state index in [2.05, 4.69) is 10.2 Å². The van der Waals surface area contributed by atoms with Crippen molar-refractivity contribution in [3.05, 3.63) is 58.9 Å². The molecule has 30 heavy (non-hydrogen) atoms. The van der Waals surface area contributed by atoms with E-state index in [1.165, 1.54) is 24.8 Å². The van der Waals surface area contributed by atoms with Crippen LogP contribution < -0.4 is 14.8 Å². The zero-order chi connectivity index (χ0) is 21.7. The van der Waals surface area contributed by atoms with Gasteiger partial charge in [0.25, 0.3) is 0 Å². The summed E-state index contributed by atoms with van der Waals surface area (Å²) in [4.78, 5) is 14.5. The third-order valence-electron chi connectivity index (χ3n) is 5.46. The predicted molar refractivity (Wildman–Crippen MR) is 112 cm³/mol. The fourth-order valence-electron chi connectivity index (χ4n) is 4.12. The topological polar surface area (TPSA) is 60.0 Å². The number of benzene rings is 2. The van der Waals surface area contributed by atoms with Crippen molar-refractivity contribution < 1.29 is 23.4 Å². The normalized spacial score (nSPS) is 17.2. The van der Waals surface area contributed by atoms with E-state index < -0.39 is 0 Å². The third kappa shape index (κ3) is 4.91. The second-order valence-corrected chi connectivity index (χ2v) is 7.49. The average Bonchev–Trinajstić information content (AvgIpc) is 2.74. The van der Waals surface area contributed by atoms with E-state index in [1.54, 1.807) is 26.4 Å². The Bertz CT molecular complexity index is 872. The quantitative estimate of drug-likeness (QED) is 0.717. The van der Waals surface area contributed by atoms with Crippen LogP contribution in [0.5, 0.6) is 11.5 Å². The van der Waals surface area contributed by atoms with Crippen LogP contribution in [0.1, 0.15) is 29.7 Å². The van der Waals surface area contributed by atoms with Crippen LogP contribution in [-0.4, -0.2) is 51.3 Å². The number of halogens is 1. The van der Waals surface area contributed by atoms with Crippen LogP contribution in [0, 0.1) is 5.82 Å². The van der Waals surface area contributed by atoms with E-state index >= 15 is 0 Å². The number of nitrogens with one attached hydrogen (secondary N) is 1. The van der Waals surface area contributed by atoms with Crippen LogP contribution in [0.2, 0.25) is 0 Å². The minimum atomic E-state index is -0.253. The van der Waals surface area contributed by atoms with Crippen molar-refractivity contribution in [2.75, 3.05) is 34.5 Å². The number of fused-ring (bicyclic) bond motifs is 1. The Morgan fingerprint density at radius 3 is 2.47 bits per heavy atom. The summed E-state index contributed by atoms with van der Waals surface area (Å²) in [6.45, 7) is 3.44. The fourth-order valence-corrected chi connectivity index (χ4v) is 4.12. The second-order valence-electron chi connectivity index (χ2n) is 7.49. The minimum absolute atomic E-state index is 0.00775. The van der Waals surface area contributed by atoms with Crippen LogP contribution in [0.4, 0.5) is 4.39 Å². The van der Waals surface area contributed by atoms with Gasteiger partial charge in [-0.1, -0.05) is 12.1 Å². The first kappa shape index (κ1) is 22.1. The van der Waals surface area contributed by atoms with Gasteiger partial charge in [-0.2, -0.15) is 0 Å². The molecular weight excluding hydrogens is 387 g/mol. The van der Waals surface area contributed by atoms with Crippen molar-refractivity contribution in [1.82, 2.24) is 10.2 Å². The first-order valence-electron chi connectivity index (χ1n) is 9.98. The number of methoxy groups -OCH3 is 3. The molecule has 0 saturated heterocycles. The van der Waals surface area contributed by atoms with Gasteiger partial charge in [0.15, 0.2) is 11.5 Å². The lowest BCUT2D eigenvalue weighted by Gasteiger charge is -2.41. The molecular formula is C23H29FN2O4. The van der Waals surface area contributed by atoms with Gasteiger partial charge in [0, 0.05) is 26.2 Å². The van der Waals surface area contributed by atoms with Crippen molar-refractivity contribution in [3.8, 4) is 11.5 Å². The predicted octanol–water partition coefficient (Wildman–Crippen LogP) is 3.09. The lowest BCUT2D eigenvalue weighted by molar-refractivity contribution is -0.125. The largest absolute Gasteiger partial charge is 0.493 e. The first-order valence-corrected chi connectivity index (χ1v) is 9.98. The van der Waals surface area contributed by atoms with E-state index in [-0.39, 0.29) is 30.4 Å². The van der Waals surface area contributed by atoms with Crippen LogP contribution in [-0.2, 0) is 22.5 Å². The molecule has 2 aromatic rings. The lowest BCUT2D eigenvalue weighted by Crippen LogP contribution is -2.48. The van der Waals surface area contributed by atoms with Gasteiger partial charge in [-0.15, -0.1) is 0 Å².